The van der Waals surface area contributed by atoms with Crippen molar-refractivity contribution in [3.05, 3.63) is 46.3 Å². The molecule has 3 aliphatic carbocycles. The van der Waals surface area contributed by atoms with Crippen LogP contribution in [0.4, 0.5) is 5.69 Å². The summed E-state index contributed by atoms with van der Waals surface area (Å²) in [5.41, 5.74) is 5.32. The maximum Gasteiger partial charge on any atom is 0.228 e. The first-order chi connectivity index (χ1) is 16.3. The first-order valence-electron chi connectivity index (χ1n) is 13.2. The van der Waals surface area contributed by atoms with Crippen LogP contribution < -0.4 is 5.32 Å². The molecule has 0 spiro atoms. The van der Waals surface area contributed by atoms with Gasteiger partial charge in [0, 0.05) is 34.9 Å². The predicted molar refractivity (Wildman–Crippen MR) is 133 cm³/mol. The van der Waals surface area contributed by atoms with E-state index in [0.717, 1.165) is 40.8 Å². The van der Waals surface area contributed by atoms with Gasteiger partial charge in [-0.05, 0) is 88.2 Å². The van der Waals surface area contributed by atoms with Gasteiger partial charge in [-0.1, -0.05) is 36.7 Å². The van der Waals surface area contributed by atoms with Gasteiger partial charge in [-0.15, -0.1) is 0 Å². The molecule has 3 fully saturated rings. The van der Waals surface area contributed by atoms with Crippen molar-refractivity contribution in [2.75, 3.05) is 5.32 Å². The van der Waals surface area contributed by atoms with Gasteiger partial charge in [0.1, 0.15) is 12.0 Å². The molecule has 1 heterocycles. The molecule has 1 unspecified atom stereocenters. The number of carbonyl (C=O) groups excluding carboxylic acids is 2. The number of amides is 1. The Hall–Kier alpha value is -2.43. The van der Waals surface area contributed by atoms with Crippen LogP contribution in [0.5, 0.6) is 0 Å². The van der Waals surface area contributed by atoms with Crippen LogP contribution >= 0.6 is 0 Å². The lowest BCUT2D eigenvalue weighted by Crippen LogP contribution is -2.26. The van der Waals surface area contributed by atoms with Gasteiger partial charge in [0.05, 0.1) is 5.69 Å². The lowest BCUT2D eigenvalue weighted by molar-refractivity contribution is -0.120. The molecular formula is C29H38N2O3. The number of hydrogen-bond acceptors (Lipinski definition) is 4. The van der Waals surface area contributed by atoms with E-state index in [0.29, 0.717) is 24.7 Å². The van der Waals surface area contributed by atoms with Crippen LogP contribution in [-0.2, 0) is 9.59 Å². The van der Waals surface area contributed by atoms with Crippen molar-refractivity contribution in [3.63, 3.8) is 0 Å². The molecular weight excluding hydrogens is 424 g/mol. The average molecular weight is 463 g/mol. The second kappa shape index (κ2) is 9.31. The number of aldehydes is 1. The highest BCUT2D eigenvalue weighted by Crippen LogP contribution is 2.54. The Labute approximate surface area is 203 Å². The van der Waals surface area contributed by atoms with Crippen molar-refractivity contribution in [3.8, 4) is 0 Å². The number of nitrogens with one attached hydrogen (secondary N) is 1. The van der Waals surface area contributed by atoms with Crippen molar-refractivity contribution >= 4 is 17.9 Å². The van der Waals surface area contributed by atoms with E-state index in [1.807, 2.05) is 19.1 Å². The standard InChI is InChI=1S/C29H38N2O3/c1-16(2)9-19-11-22(12-19)28-26(21-6-7-21)27(31-34-28)23-13-20(15-32)14-24(23)29(33)30-25-8-5-17(3)10-18(25)4/h5,8,10,15-16,19-24H,6-7,9,11-14H2,1-4H3,(H,30,33)/t19?,20-,22?,23+,24?/m1/s1. The quantitative estimate of drug-likeness (QED) is 0.445. The van der Waals surface area contributed by atoms with Crippen LogP contribution in [0.3, 0.4) is 0 Å². The smallest absolute Gasteiger partial charge is 0.228 e. The Morgan fingerprint density at radius 3 is 2.56 bits per heavy atom. The first kappa shape index (κ1) is 23.3. The topological polar surface area (TPSA) is 72.2 Å². The van der Waals surface area contributed by atoms with E-state index in [-0.39, 0.29) is 23.7 Å². The van der Waals surface area contributed by atoms with E-state index in [1.165, 1.54) is 43.2 Å². The molecule has 5 rings (SSSR count). The second-order valence-electron chi connectivity index (χ2n) is 11.7. The lowest BCUT2D eigenvalue weighted by Gasteiger charge is -2.35. The molecule has 5 nitrogen and oxygen atoms in total. The Kier molecular flexibility index (Phi) is 6.39. The molecule has 1 N–H and O–H groups in total. The van der Waals surface area contributed by atoms with Crippen molar-refractivity contribution in [2.24, 2.45) is 23.7 Å². The molecule has 0 radical (unpaired) electrons. The van der Waals surface area contributed by atoms with Gasteiger partial charge in [-0.25, -0.2) is 0 Å². The minimum absolute atomic E-state index is 0.00626. The summed E-state index contributed by atoms with van der Waals surface area (Å²) in [7, 11) is 0. The maximum atomic E-state index is 13.5. The van der Waals surface area contributed by atoms with Crippen LogP contribution in [0.25, 0.3) is 0 Å². The molecule has 0 bridgehead atoms. The van der Waals surface area contributed by atoms with Gasteiger partial charge in [-0.3, -0.25) is 4.79 Å². The fourth-order valence-electron chi connectivity index (χ4n) is 6.44. The number of benzene rings is 1. The third-order valence-electron chi connectivity index (χ3n) is 8.30. The Bertz CT molecular complexity index is 1060. The summed E-state index contributed by atoms with van der Waals surface area (Å²) in [6, 6.07) is 6.07. The molecule has 1 aromatic carbocycles. The minimum atomic E-state index is -0.263. The molecule has 1 aromatic heterocycles. The molecule has 2 aromatic rings. The van der Waals surface area contributed by atoms with Gasteiger partial charge in [0.2, 0.25) is 5.91 Å². The van der Waals surface area contributed by atoms with E-state index < -0.39 is 0 Å². The van der Waals surface area contributed by atoms with E-state index in [9.17, 15) is 9.59 Å². The summed E-state index contributed by atoms with van der Waals surface area (Å²) >= 11 is 0. The zero-order chi connectivity index (χ0) is 24.0. The van der Waals surface area contributed by atoms with Gasteiger partial charge in [0.25, 0.3) is 0 Å². The van der Waals surface area contributed by atoms with Crippen LogP contribution in [0, 0.1) is 37.5 Å². The van der Waals surface area contributed by atoms with Crippen molar-refractivity contribution in [1.29, 1.82) is 0 Å². The normalized spacial score (nSPS) is 28.7. The van der Waals surface area contributed by atoms with Crippen molar-refractivity contribution in [1.82, 2.24) is 5.16 Å². The number of aromatic nitrogens is 1. The van der Waals surface area contributed by atoms with Gasteiger partial charge in [-0.2, -0.15) is 0 Å². The van der Waals surface area contributed by atoms with Gasteiger partial charge >= 0.3 is 0 Å². The largest absolute Gasteiger partial charge is 0.361 e. The average Bonchev–Trinajstić information content (AvgIpc) is 3.36. The number of anilines is 1. The van der Waals surface area contributed by atoms with Crippen molar-refractivity contribution in [2.45, 2.75) is 90.4 Å². The maximum absolute atomic E-state index is 13.5. The van der Waals surface area contributed by atoms with E-state index in [4.69, 9.17) is 4.52 Å². The summed E-state index contributed by atoms with van der Waals surface area (Å²) in [6.07, 6.45) is 8.28. The molecule has 1 amide bonds. The third kappa shape index (κ3) is 4.58. The second-order valence-corrected chi connectivity index (χ2v) is 11.7. The van der Waals surface area contributed by atoms with Crippen LogP contribution in [0.1, 0.15) is 105 Å². The van der Waals surface area contributed by atoms with E-state index in [1.54, 1.807) is 0 Å². The van der Waals surface area contributed by atoms with Gasteiger partial charge in [0.15, 0.2) is 0 Å². The summed E-state index contributed by atoms with van der Waals surface area (Å²) in [5, 5.41) is 7.77. The molecule has 5 heteroatoms. The number of hydrogen-bond donors (Lipinski definition) is 1. The zero-order valence-electron chi connectivity index (χ0n) is 21.0. The first-order valence-corrected chi connectivity index (χ1v) is 13.2. The summed E-state index contributed by atoms with van der Waals surface area (Å²) < 4.78 is 6.04. The fraction of sp³-hybridized carbons (Fsp3) is 0.621. The molecule has 3 atom stereocenters. The number of rotatable bonds is 8. The molecule has 3 saturated carbocycles. The van der Waals surface area contributed by atoms with Crippen LogP contribution in [0.2, 0.25) is 0 Å². The monoisotopic (exact) mass is 462 g/mol. The predicted octanol–water partition coefficient (Wildman–Crippen LogP) is 6.66. The zero-order valence-corrected chi connectivity index (χ0v) is 21.0. The lowest BCUT2D eigenvalue weighted by atomic mass is 9.69. The Balaban J connectivity index is 1.38. The third-order valence-corrected chi connectivity index (χ3v) is 8.30. The van der Waals surface area contributed by atoms with Crippen molar-refractivity contribution < 1.29 is 14.1 Å². The van der Waals surface area contributed by atoms with Crippen LogP contribution in [-0.4, -0.2) is 17.4 Å². The molecule has 3 aliphatic rings. The summed E-state index contributed by atoms with van der Waals surface area (Å²) in [5.74, 6) is 3.15. The molecule has 182 valence electrons. The SMILES string of the molecule is Cc1ccc(NC(=O)C2C[C@H](C=O)C[C@@H]2c2noc(C3CC(CC(C)C)C3)c2C2CC2)c(C)c1. The highest BCUT2D eigenvalue weighted by Gasteiger charge is 2.46. The van der Waals surface area contributed by atoms with Gasteiger partial charge < -0.3 is 14.6 Å². The molecule has 34 heavy (non-hydrogen) atoms. The molecule has 0 aliphatic heterocycles. The highest BCUT2D eigenvalue weighted by atomic mass is 16.5. The van der Waals surface area contributed by atoms with Crippen LogP contribution in [0.15, 0.2) is 22.7 Å². The Morgan fingerprint density at radius 2 is 1.91 bits per heavy atom. The number of carbonyl (C=O) groups is 2. The number of nitrogens with zero attached hydrogens (tertiary/aromatic N) is 1. The Morgan fingerprint density at radius 1 is 1.15 bits per heavy atom. The highest BCUT2D eigenvalue weighted by molar-refractivity contribution is 5.94. The summed E-state index contributed by atoms with van der Waals surface area (Å²) in [4.78, 5) is 25.2. The fourth-order valence-corrected chi connectivity index (χ4v) is 6.44. The van der Waals surface area contributed by atoms with E-state index in [2.05, 4.69) is 37.3 Å². The van der Waals surface area contributed by atoms with E-state index >= 15 is 0 Å². The molecule has 0 saturated heterocycles. The summed E-state index contributed by atoms with van der Waals surface area (Å²) in [6.45, 7) is 8.66. The minimum Gasteiger partial charge on any atom is -0.361 e. The number of aryl methyl sites for hydroxylation is 2.